The minimum Gasteiger partial charge on any atom is -0.372 e. The summed E-state index contributed by atoms with van der Waals surface area (Å²) in [7, 11) is 1.85. The van der Waals surface area contributed by atoms with Gasteiger partial charge >= 0.3 is 0 Å². The molecule has 2 rings (SSSR count). The molecule has 1 aliphatic carbocycles. The van der Waals surface area contributed by atoms with Crippen LogP contribution in [0.3, 0.4) is 0 Å². The zero-order valence-electron chi connectivity index (χ0n) is 9.08. The van der Waals surface area contributed by atoms with E-state index in [4.69, 9.17) is 4.74 Å². The SMILES string of the molecule is CO[C@]1(c2ccccc2)CCCC[C@H]1I. The average molecular weight is 316 g/mol. The highest BCUT2D eigenvalue weighted by Crippen LogP contribution is 2.44. The lowest BCUT2D eigenvalue weighted by molar-refractivity contribution is -0.0345. The normalized spacial score (nSPS) is 31.5. The van der Waals surface area contributed by atoms with Gasteiger partial charge in [-0.2, -0.15) is 0 Å². The molecule has 1 fully saturated rings. The maximum Gasteiger partial charge on any atom is 0.104 e. The minimum absolute atomic E-state index is 0.0416. The number of halogens is 1. The molecule has 0 bridgehead atoms. The fourth-order valence-electron chi connectivity index (χ4n) is 2.49. The second kappa shape index (κ2) is 4.83. The van der Waals surface area contributed by atoms with E-state index in [0.29, 0.717) is 3.92 Å². The molecular formula is C13H17IO. The smallest absolute Gasteiger partial charge is 0.104 e. The Kier molecular flexibility index (Phi) is 3.67. The first-order chi connectivity index (χ1) is 7.29. The quantitative estimate of drug-likeness (QED) is 0.594. The molecular weight excluding hydrogens is 299 g/mol. The van der Waals surface area contributed by atoms with Crippen molar-refractivity contribution in [2.24, 2.45) is 0 Å². The van der Waals surface area contributed by atoms with Crippen LogP contribution in [0.2, 0.25) is 0 Å². The molecule has 0 N–H and O–H groups in total. The van der Waals surface area contributed by atoms with E-state index in [9.17, 15) is 0 Å². The summed E-state index contributed by atoms with van der Waals surface area (Å²) in [5.74, 6) is 0. The van der Waals surface area contributed by atoms with Gasteiger partial charge in [0.2, 0.25) is 0 Å². The zero-order chi connectivity index (χ0) is 10.7. The fourth-order valence-corrected chi connectivity index (χ4v) is 3.86. The van der Waals surface area contributed by atoms with Gasteiger partial charge in [-0.05, 0) is 18.4 Å². The van der Waals surface area contributed by atoms with Crippen molar-refractivity contribution in [2.45, 2.75) is 35.2 Å². The summed E-state index contributed by atoms with van der Waals surface area (Å²) >= 11 is 2.55. The molecule has 2 heteroatoms. The van der Waals surface area contributed by atoms with Crippen molar-refractivity contribution in [3.63, 3.8) is 0 Å². The molecule has 0 spiro atoms. The standard InChI is InChI=1S/C13H17IO/c1-15-13(10-6-5-9-12(13)14)11-7-3-2-4-8-11/h2-4,7-8,12H,5-6,9-10H2,1H3/t12-,13+/m1/s1. The second-order valence-electron chi connectivity index (χ2n) is 4.17. The van der Waals surface area contributed by atoms with Gasteiger partial charge in [-0.1, -0.05) is 65.8 Å². The Morgan fingerprint density at radius 2 is 2.00 bits per heavy atom. The van der Waals surface area contributed by atoms with Gasteiger partial charge in [0.15, 0.2) is 0 Å². The van der Waals surface area contributed by atoms with Crippen LogP contribution in [0.25, 0.3) is 0 Å². The molecule has 0 saturated heterocycles. The molecule has 0 unspecified atom stereocenters. The van der Waals surface area contributed by atoms with Gasteiger partial charge in [-0.3, -0.25) is 0 Å². The van der Waals surface area contributed by atoms with Crippen molar-refractivity contribution in [1.29, 1.82) is 0 Å². The molecule has 82 valence electrons. The number of hydrogen-bond acceptors (Lipinski definition) is 1. The molecule has 1 nitrogen and oxygen atoms in total. The van der Waals surface area contributed by atoms with Crippen LogP contribution in [0.4, 0.5) is 0 Å². The molecule has 1 aromatic carbocycles. The maximum atomic E-state index is 5.87. The van der Waals surface area contributed by atoms with E-state index in [0.717, 1.165) is 6.42 Å². The Morgan fingerprint density at radius 1 is 1.27 bits per heavy atom. The molecule has 15 heavy (non-hydrogen) atoms. The first kappa shape index (κ1) is 11.4. The van der Waals surface area contributed by atoms with Crippen LogP contribution in [0, 0.1) is 0 Å². The Labute approximate surface area is 105 Å². The van der Waals surface area contributed by atoms with Crippen molar-refractivity contribution >= 4 is 22.6 Å². The Balaban J connectivity index is 2.35. The van der Waals surface area contributed by atoms with Crippen LogP contribution in [0.5, 0.6) is 0 Å². The van der Waals surface area contributed by atoms with Crippen LogP contribution in [-0.4, -0.2) is 11.0 Å². The van der Waals surface area contributed by atoms with Crippen molar-refractivity contribution in [1.82, 2.24) is 0 Å². The molecule has 0 aromatic heterocycles. The monoisotopic (exact) mass is 316 g/mol. The molecule has 0 heterocycles. The van der Waals surface area contributed by atoms with E-state index in [-0.39, 0.29) is 5.60 Å². The van der Waals surface area contributed by atoms with E-state index in [1.165, 1.54) is 24.8 Å². The summed E-state index contributed by atoms with van der Waals surface area (Å²) in [6.45, 7) is 0. The molecule has 1 aliphatic rings. The lowest BCUT2D eigenvalue weighted by atomic mass is 9.79. The van der Waals surface area contributed by atoms with E-state index < -0.39 is 0 Å². The van der Waals surface area contributed by atoms with E-state index in [2.05, 4.69) is 52.9 Å². The summed E-state index contributed by atoms with van der Waals surface area (Å²) in [6.07, 6.45) is 5.04. The van der Waals surface area contributed by atoms with Gasteiger partial charge in [0.1, 0.15) is 5.60 Å². The highest BCUT2D eigenvalue weighted by molar-refractivity contribution is 14.1. The Morgan fingerprint density at radius 3 is 2.60 bits per heavy atom. The number of rotatable bonds is 2. The third kappa shape index (κ3) is 2.07. The molecule has 1 saturated carbocycles. The zero-order valence-corrected chi connectivity index (χ0v) is 11.2. The first-order valence-electron chi connectivity index (χ1n) is 5.54. The highest BCUT2D eigenvalue weighted by atomic mass is 127. The third-order valence-electron chi connectivity index (χ3n) is 3.39. The van der Waals surface area contributed by atoms with Gasteiger partial charge in [-0.25, -0.2) is 0 Å². The summed E-state index contributed by atoms with van der Waals surface area (Å²) in [4.78, 5) is 0. The average Bonchev–Trinajstić information content (AvgIpc) is 2.31. The van der Waals surface area contributed by atoms with Crippen LogP contribution in [0.15, 0.2) is 30.3 Å². The predicted octanol–water partition coefficient (Wildman–Crippen LogP) is 3.91. The van der Waals surface area contributed by atoms with E-state index in [1.807, 2.05) is 7.11 Å². The topological polar surface area (TPSA) is 9.23 Å². The lowest BCUT2D eigenvalue weighted by Gasteiger charge is -2.40. The largest absolute Gasteiger partial charge is 0.372 e. The van der Waals surface area contributed by atoms with Crippen molar-refractivity contribution in [3.8, 4) is 0 Å². The number of hydrogen-bond donors (Lipinski definition) is 0. The van der Waals surface area contributed by atoms with Gasteiger partial charge in [0.25, 0.3) is 0 Å². The van der Waals surface area contributed by atoms with Crippen molar-refractivity contribution in [2.75, 3.05) is 7.11 Å². The van der Waals surface area contributed by atoms with Crippen LogP contribution in [-0.2, 0) is 10.3 Å². The van der Waals surface area contributed by atoms with Gasteiger partial charge in [0, 0.05) is 11.0 Å². The maximum absolute atomic E-state index is 5.87. The lowest BCUT2D eigenvalue weighted by Crippen LogP contribution is -2.40. The second-order valence-corrected chi connectivity index (χ2v) is 5.68. The van der Waals surface area contributed by atoms with Gasteiger partial charge < -0.3 is 4.74 Å². The highest BCUT2D eigenvalue weighted by Gasteiger charge is 2.40. The number of benzene rings is 1. The molecule has 1 aromatic rings. The van der Waals surface area contributed by atoms with Gasteiger partial charge in [-0.15, -0.1) is 0 Å². The first-order valence-corrected chi connectivity index (χ1v) is 6.79. The number of alkyl halides is 1. The van der Waals surface area contributed by atoms with Gasteiger partial charge in [0.05, 0.1) is 0 Å². The van der Waals surface area contributed by atoms with Crippen LogP contribution in [0.1, 0.15) is 31.2 Å². The summed E-state index contributed by atoms with van der Waals surface area (Å²) < 4.78 is 6.46. The van der Waals surface area contributed by atoms with Crippen LogP contribution >= 0.6 is 22.6 Å². The third-order valence-corrected chi connectivity index (χ3v) is 5.02. The van der Waals surface area contributed by atoms with Crippen molar-refractivity contribution < 1.29 is 4.74 Å². The van der Waals surface area contributed by atoms with Crippen molar-refractivity contribution in [3.05, 3.63) is 35.9 Å². The van der Waals surface area contributed by atoms with E-state index >= 15 is 0 Å². The number of methoxy groups -OCH3 is 1. The predicted molar refractivity (Wildman–Crippen MR) is 71.4 cm³/mol. The Bertz CT molecular complexity index is 312. The Hall–Kier alpha value is -0.0900. The minimum atomic E-state index is -0.0416. The van der Waals surface area contributed by atoms with Crippen LogP contribution < -0.4 is 0 Å². The summed E-state index contributed by atoms with van der Waals surface area (Å²) in [5, 5.41) is 0. The molecule has 0 radical (unpaired) electrons. The summed E-state index contributed by atoms with van der Waals surface area (Å²) in [5.41, 5.74) is 1.30. The molecule has 0 amide bonds. The molecule has 2 atom stereocenters. The number of ether oxygens (including phenoxy) is 1. The fraction of sp³-hybridized carbons (Fsp3) is 0.538. The summed E-state index contributed by atoms with van der Waals surface area (Å²) in [6, 6.07) is 10.7. The van der Waals surface area contributed by atoms with E-state index in [1.54, 1.807) is 0 Å². The molecule has 0 aliphatic heterocycles.